The number of hydrogen-bond acceptors (Lipinski definition) is 5. The molecule has 1 aromatic carbocycles. The molecule has 4 heterocycles. The van der Waals surface area contributed by atoms with Crippen molar-refractivity contribution in [3.05, 3.63) is 53.4 Å². The lowest BCUT2D eigenvalue weighted by atomic mass is 10.1. The van der Waals surface area contributed by atoms with Crippen LogP contribution in [0.1, 0.15) is 54.6 Å². The maximum Gasteiger partial charge on any atom is 0.276 e. The summed E-state index contributed by atoms with van der Waals surface area (Å²) in [6.07, 6.45) is 1.49. The van der Waals surface area contributed by atoms with E-state index >= 15 is 0 Å². The molecule has 0 aliphatic carbocycles. The van der Waals surface area contributed by atoms with Gasteiger partial charge in [0.15, 0.2) is 11.4 Å². The Balaban J connectivity index is 1.38. The highest BCUT2D eigenvalue weighted by atomic mass is 16.5. The standard InChI is InChI=1S/C22H25N3O4/c1-14(2)10-16-11-17(23-29-16)21(27)24-9-8-22-19(24)12-20(26)25(22)13-18(28-22)15-6-4-3-5-7-15/h3-7,11,14,18-19H,8-10,12-13H2,1-2H3/t18-,19-,22+/m1/s1. The number of rotatable bonds is 4. The second-order valence-electron chi connectivity index (χ2n) is 8.61. The first-order chi connectivity index (χ1) is 14.0. The van der Waals surface area contributed by atoms with E-state index in [0.717, 1.165) is 12.0 Å². The molecule has 3 saturated heterocycles. The highest BCUT2D eigenvalue weighted by Crippen LogP contribution is 2.50. The van der Waals surface area contributed by atoms with E-state index in [2.05, 4.69) is 19.0 Å². The number of aromatic nitrogens is 1. The second-order valence-corrected chi connectivity index (χ2v) is 8.61. The minimum absolute atomic E-state index is 0.0478. The summed E-state index contributed by atoms with van der Waals surface area (Å²) < 4.78 is 11.8. The van der Waals surface area contributed by atoms with Gasteiger partial charge in [0, 0.05) is 25.5 Å². The number of carbonyl (C=O) groups is 2. The summed E-state index contributed by atoms with van der Waals surface area (Å²) in [5, 5.41) is 3.99. The molecule has 0 radical (unpaired) electrons. The van der Waals surface area contributed by atoms with Crippen LogP contribution in [0.2, 0.25) is 0 Å². The first-order valence-electron chi connectivity index (χ1n) is 10.3. The number of likely N-dealkylation sites (tertiary alicyclic amines) is 1. The largest absolute Gasteiger partial charge is 0.361 e. The zero-order valence-corrected chi connectivity index (χ0v) is 16.7. The molecule has 2 aromatic rings. The monoisotopic (exact) mass is 395 g/mol. The summed E-state index contributed by atoms with van der Waals surface area (Å²) in [5.74, 6) is 0.991. The molecule has 0 bridgehead atoms. The van der Waals surface area contributed by atoms with Gasteiger partial charge in [0.25, 0.3) is 5.91 Å². The highest BCUT2D eigenvalue weighted by Gasteiger charge is 2.65. The third kappa shape index (κ3) is 2.87. The topological polar surface area (TPSA) is 75.9 Å². The van der Waals surface area contributed by atoms with Crippen LogP contribution in [0.5, 0.6) is 0 Å². The van der Waals surface area contributed by atoms with E-state index in [9.17, 15) is 9.59 Å². The average Bonchev–Trinajstić information content (AvgIpc) is 3.44. The van der Waals surface area contributed by atoms with Gasteiger partial charge in [-0.3, -0.25) is 9.59 Å². The van der Waals surface area contributed by atoms with Crippen molar-refractivity contribution in [3.8, 4) is 0 Å². The number of ether oxygens (including phenoxy) is 1. The third-order valence-electron chi connectivity index (χ3n) is 6.25. The number of amides is 2. The van der Waals surface area contributed by atoms with Gasteiger partial charge in [-0.2, -0.15) is 0 Å². The predicted octanol–water partition coefficient (Wildman–Crippen LogP) is 2.79. The van der Waals surface area contributed by atoms with Crippen molar-refractivity contribution >= 4 is 11.8 Å². The lowest BCUT2D eigenvalue weighted by Crippen LogP contribution is -2.48. The summed E-state index contributed by atoms with van der Waals surface area (Å²) in [5.41, 5.74) is 0.640. The molecule has 0 saturated carbocycles. The molecule has 3 atom stereocenters. The van der Waals surface area contributed by atoms with Gasteiger partial charge in [-0.1, -0.05) is 49.3 Å². The lowest BCUT2D eigenvalue weighted by Gasteiger charge is -2.31. The molecular formula is C22H25N3O4. The molecule has 5 rings (SSSR count). The molecule has 3 fully saturated rings. The van der Waals surface area contributed by atoms with Gasteiger partial charge < -0.3 is 19.1 Å². The number of benzene rings is 1. The van der Waals surface area contributed by atoms with Crippen LogP contribution < -0.4 is 0 Å². The number of hydrogen-bond donors (Lipinski definition) is 0. The zero-order valence-electron chi connectivity index (χ0n) is 16.7. The Hall–Kier alpha value is -2.67. The van der Waals surface area contributed by atoms with Gasteiger partial charge in [-0.15, -0.1) is 0 Å². The third-order valence-corrected chi connectivity index (χ3v) is 6.25. The van der Waals surface area contributed by atoms with Crippen LogP contribution in [-0.4, -0.2) is 51.6 Å². The molecule has 7 heteroatoms. The summed E-state index contributed by atoms with van der Waals surface area (Å²) in [7, 11) is 0. The van der Waals surface area contributed by atoms with Gasteiger partial charge in [-0.05, 0) is 11.5 Å². The van der Waals surface area contributed by atoms with Gasteiger partial charge in [0.1, 0.15) is 11.9 Å². The van der Waals surface area contributed by atoms with Crippen molar-refractivity contribution in [2.24, 2.45) is 5.92 Å². The molecule has 2 amide bonds. The maximum atomic E-state index is 13.2. The minimum Gasteiger partial charge on any atom is -0.361 e. The fraction of sp³-hybridized carbons (Fsp3) is 0.500. The smallest absolute Gasteiger partial charge is 0.276 e. The quantitative estimate of drug-likeness (QED) is 0.796. The van der Waals surface area contributed by atoms with Crippen molar-refractivity contribution in [1.29, 1.82) is 0 Å². The maximum absolute atomic E-state index is 13.2. The Morgan fingerprint density at radius 3 is 2.86 bits per heavy atom. The van der Waals surface area contributed by atoms with Crippen LogP contribution in [-0.2, 0) is 16.0 Å². The average molecular weight is 395 g/mol. The van der Waals surface area contributed by atoms with Crippen molar-refractivity contribution in [1.82, 2.24) is 15.0 Å². The summed E-state index contributed by atoms with van der Waals surface area (Å²) >= 11 is 0. The molecule has 29 heavy (non-hydrogen) atoms. The van der Waals surface area contributed by atoms with E-state index in [1.807, 2.05) is 35.2 Å². The molecule has 0 unspecified atom stereocenters. The first-order valence-corrected chi connectivity index (χ1v) is 10.3. The van der Waals surface area contributed by atoms with Crippen LogP contribution in [0.25, 0.3) is 0 Å². The van der Waals surface area contributed by atoms with E-state index in [1.165, 1.54) is 0 Å². The van der Waals surface area contributed by atoms with E-state index in [0.29, 0.717) is 43.3 Å². The number of nitrogens with zero attached hydrogens (tertiary/aromatic N) is 3. The van der Waals surface area contributed by atoms with E-state index in [-0.39, 0.29) is 24.0 Å². The summed E-state index contributed by atoms with van der Waals surface area (Å²) in [6, 6.07) is 11.4. The molecular weight excluding hydrogens is 370 g/mol. The van der Waals surface area contributed by atoms with Crippen molar-refractivity contribution in [2.45, 2.75) is 51.0 Å². The Morgan fingerprint density at radius 2 is 2.10 bits per heavy atom. The zero-order chi connectivity index (χ0) is 20.2. The molecule has 7 nitrogen and oxygen atoms in total. The molecule has 3 aliphatic heterocycles. The minimum atomic E-state index is -0.724. The van der Waals surface area contributed by atoms with Gasteiger partial charge >= 0.3 is 0 Å². The highest BCUT2D eigenvalue weighted by molar-refractivity contribution is 5.94. The van der Waals surface area contributed by atoms with Crippen molar-refractivity contribution in [3.63, 3.8) is 0 Å². The van der Waals surface area contributed by atoms with Crippen LogP contribution in [0.3, 0.4) is 0 Å². The molecule has 0 N–H and O–H groups in total. The van der Waals surface area contributed by atoms with Crippen molar-refractivity contribution < 1.29 is 18.8 Å². The van der Waals surface area contributed by atoms with Crippen LogP contribution in [0.4, 0.5) is 0 Å². The fourth-order valence-electron chi connectivity index (χ4n) is 4.97. The molecule has 152 valence electrons. The summed E-state index contributed by atoms with van der Waals surface area (Å²) in [4.78, 5) is 29.5. The molecule has 1 spiro atoms. The fourth-order valence-corrected chi connectivity index (χ4v) is 4.97. The van der Waals surface area contributed by atoms with Gasteiger partial charge in [0.2, 0.25) is 5.91 Å². The van der Waals surface area contributed by atoms with Crippen molar-refractivity contribution in [2.75, 3.05) is 13.1 Å². The van der Waals surface area contributed by atoms with E-state index < -0.39 is 5.72 Å². The Bertz CT molecular complexity index is 941. The van der Waals surface area contributed by atoms with Crippen LogP contribution >= 0.6 is 0 Å². The first kappa shape index (κ1) is 18.4. The van der Waals surface area contributed by atoms with E-state index in [1.54, 1.807) is 11.0 Å². The lowest BCUT2D eigenvalue weighted by molar-refractivity contribution is -0.138. The van der Waals surface area contributed by atoms with Crippen LogP contribution in [0, 0.1) is 5.92 Å². The SMILES string of the molecule is CC(C)Cc1cc(C(=O)N2CC[C@@]34O[C@@H](c5ccccc5)CN3C(=O)C[C@@H]24)no1. The number of carbonyl (C=O) groups excluding carboxylic acids is 2. The Kier molecular flexibility index (Phi) is 4.24. The molecule has 1 aromatic heterocycles. The van der Waals surface area contributed by atoms with Gasteiger partial charge in [-0.25, -0.2) is 0 Å². The van der Waals surface area contributed by atoms with Crippen LogP contribution in [0.15, 0.2) is 40.9 Å². The molecule has 3 aliphatic rings. The van der Waals surface area contributed by atoms with E-state index in [4.69, 9.17) is 9.26 Å². The predicted molar refractivity (Wildman–Crippen MR) is 104 cm³/mol. The Labute approximate surface area is 169 Å². The summed E-state index contributed by atoms with van der Waals surface area (Å²) in [6.45, 7) is 5.26. The van der Waals surface area contributed by atoms with Gasteiger partial charge in [0.05, 0.1) is 19.0 Å². The normalized spacial score (nSPS) is 28.3. The Morgan fingerprint density at radius 1 is 1.31 bits per heavy atom. The second kappa shape index (κ2) is 6.69.